The number of likely N-dealkylation sites (tertiary alicyclic amines) is 1. The summed E-state index contributed by atoms with van der Waals surface area (Å²) in [6, 6.07) is 16.0. The first kappa shape index (κ1) is 17.3. The van der Waals surface area contributed by atoms with E-state index in [1.165, 1.54) is 18.4 Å². The number of fused-ring (bicyclic) bond motifs is 2. The zero-order valence-electron chi connectivity index (χ0n) is 15.7. The number of piperidine rings is 1. The van der Waals surface area contributed by atoms with E-state index in [0.29, 0.717) is 17.1 Å². The van der Waals surface area contributed by atoms with Crippen LogP contribution in [0.1, 0.15) is 24.0 Å². The zero-order chi connectivity index (χ0) is 18.9. The first-order valence-electron chi connectivity index (χ1n) is 9.87. The molecule has 2 aliphatic heterocycles. The molecule has 3 aromatic rings. The third-order valence-corrected chi connectivity index (χ3v) is 5.79. The quantitative estimate of drug-likeness (QED) is 0.644. The molecule has 3 heterocycles. The highest BCUT2D eigenvalue weighted by Gasteiger charge is 2.22. The van der Waals surface area contributed by atoms with E-state index < -0.39 is 0 Å². The van der Waals surface area contributed by atoms with Crippen molar-refractivity contribution in [1.82, 2.24) is 4.90 Å². The maximum absolute atomic E-state index is 12.0. The predicted octanol–water partition coefficient (Wildman–Crippen LogP) is 3.98. The molecule has 2 aromatic carbocycles. The van der Waals surface area contributed by atoms with Crippen molar-refractivity contribution in [1.29, 1.82) is 0 Å². The summed E-state index contributed by atoms with van der Waals surface area (Å²) in [4.78, 5) is 14.5. The van der Waals surface area contributed by atoms with E-state index in [9.17, 15) is 4.79 Å². The summed E-state index contributed by atoms with van der Waals surface area (Å²) in [5, 5.41) is 0.926. The maximum atomic E-state index is 12.0. The minimum absolute atomic E-state index is 0.208. The highest BCUT2D eigenvalue weighted by molar-refractivity contribution is 5.84. The summed E-state index contributed by atoms with van der Waals surface area (Å²) in [5.74, 6) is 2.07. The van der Waals surface area contributed by atoms with Gasteiger partial charge < -0.3 is 13.9 Å². The third kappa shape index (κ3) is 3.50. The Morgan fingerprint density at radius 2 is 1.71 bits per heavy atom. The first-order valence-corrected chi connectivity index (χ1v) is 9.87. The fourth-order valence-corrected chi connectivity index (χ4v) is 4.28. The van der Waals surface area contributed by atoms with Crippen LogP contribution in [0.5, 0.6) is 11.5 Å². The van der Waals surface area contributed by atoms with Crippen LogP contribution < -0.4 is 15.1 Å². The third-order valence-electron chi connectivity index (χ3n) is 5.79. The van der Waals surface area contributed by atoms with Crippen LogP contribution in [0.4, 0.5) is 0 Å². The van der Waals surface area contributed by atoms with Crippen molar-refractivity contribution in [3.8, 4) is 11.5 Å². The molecule has 1 saturated heterocycles. The van der Waals surface area contributed by atoms with Gasteiger partial charge in [-0.05, 0) is 55.5 Å². The van der Waals surface area contributed by atoms with E-state index in [1.807, 2.05) is 6.07 Å². The van der Waals surface area contributed by atoms with Crippen LogP contribution in [0.15, 0.2) is 57.7 Å². The molecule has 0 radical (unpaired) electrons. The summed E-state index contributed by atoms with van der Waals surface area (Å²) < 4.78 is 16.3. The molecular formula is C23H23NO4. The molecule has 0 N–H and O–H groups in total. The molecule has 2 aliphatic rings. The van der Waals surface area contributed by atoms with E-state index in [1.54, 1.807) is 12.1 Å². The Labute approximate surface area is 163 Å². The van der Waals surface area contributed by atoms with Gasteiger partial charge in [-0.1, -0.05) is 30.3 Å². The van der Waals surface area contributed by atoms with E-state index in [4.69, 9.17) is 13.9 Å². The number of hydrogen-bond donors (Lipinski definition) is 0. The van der Waals surface area contributed by atoms with Gasteiger partial charge in [0.2, 0.25) is 6.79 Å². The fourth-order valence-electron chi connectivity index (χ4n) is 4.28. The van der Waals surface area contributed by atoms with Gasteiger partial charge in [-0.25, -0.2) is 4.79 Å². The van der Waals surface area contributed by atoms with Crippen LogP contribution in [0, 0.1) is 5.92 Å². The van der Waals surface area contributed by atoms with Crippen LogP contribution in [-0.4, -0.2) is 24.8 Å². The lowest BCUT2D eigenvalue weighted by atomic mass is 9.90. The zero-order valence-corrected chi connectivity index (χ0v) is 15.7. The van der Waals surface area contributed by atoms with Gasteiger partial charge in [0.1, 0.15) is 5.58 Å². The van der Waals surface area contributed by atoms with Crippen LogP contribution in [0.2, 0.25) is 0 Å². The van der Waals surface area contributed by atoms with E-state index in [-0.39, 0.29) is 12.4 Å². The van der Waals surface area contributed by atoms with Crippen molar-refractivity contribution in [2.45, 2.75) is 25.8 Å². The van der Waals surface area contributed by atoms with Gasteiger partial charge in [0.05, 0.1) is 0 Å². The van der Waals surface area contributed by atoms with Gasteiger partial charge in [0.15, 0.2) is 11.5 Å². The Hall–Kier alpha value is -2.79. The van der Waals surface area contributed by atoms with Crippen molar-refractivity contribution in [3.05, 3.63) is 70.1 Å². The van der Waals surface area contributed by atoms with E-state index in [2.05, 4.69) is 35.2 Å². The van der Waals surface area contributed by atoms with Crippen molar-refractivity contribution >= 4 is 11.0 Å². The first-order chi connectivity index (χ1) is 13.7. The number of nitrogens with zero attached hydrogens (tertiary/aromatic N) is 1. The summed E-state index contributed by atoms with van der Waals surface area (Å²) in [6.45, 7) is 3.05. The normalized spacial score (nSPS) is 17.3. The van der Waals surface area contributed by atoms with Gasteiger partial charge in [-0.3, -0.25) is 4.90 Å². The lowest BCUT2D eigenvalue weighted by Crippen LogP contribution is -2.34. The van der Waals surface area contributed by atoms with Gasteiger partial charge in [0, 0.05) is 24.1 Å². The highest BCUT2D eigenvalue weighted by Crippen LogP contribution is 2.37. The molecule has 0 unspecified atom stereocenters. The Balaban J connectivity index is 1.30. The molecule has 0 aliphatic carbocycles. The second kappa shape index (κ2) is 7.32. The molecule has 5 rings (SSSR count). The number of rotatable bonds is 4. The lowest BCUT2D eigenvalue weighted by molar-refractivity contribution is 0.174. The van der Waals surface area contributed by atoms with Gasteiger partial charge in [-0.15, -0.1) is 0 Å². The summed E-state index contributed by atoms with van der Waals surface area (Å²) in [7, 11) is 0. The largest absolute Gasteiger partial charge is 0.454 e. The van der Waals surface area contributed by atoms with Crippen molar-refractivity contribution in [2.24, 2.45) is 5.92 Å². The van der Waals surface area contributed by atoms with E-state index in [0.717, 1.165) is 42.9 Å². The van der Waals surface area contributed by atoms with Gasteiger partial charge in [0.25, 0.3) is 0 Å². The standard InChI is InChI=1S/C23H23NO4/c25-23-11-18(19-12-21-22(27-15-26-21)13-20(19)28-23)14-24-8-6-17(7-9-24)10-16-4-2-1-3-5-16/h1-5,11-13,17H,6-10,14-15H2. The molecule has 144 valence electrons. The second-order valence-corrected chi connectivity index (χ2v) is 7.70. The topological polar surface area (TPSA) is 51.9 Å². The fraction of sp³-hybridized carbons (Fsp3) is 0.348. The predicted molar refractivity (Wildman–Crippen MR) is 107 cm³/mol. The molecule has 0 atom stereocenters. The Bertz CT molecular complexity index is 1040. The minimum atomic E-state index is -0.319. The SMILES string of the molecule is O=c1cc(CN2CCC(Cc3ccccc3)CC2)c2cc3c(cc2o1)OCO3. The van der Waals surface area contributed by atoms with Crippen molar-refractivity contribution in [2.75, 3.05) is 19.9 Å². The van der Waals surface area contributed by atoms with Crippen LogP contribution in [-0.2, 0) is 13.0 Å². The second-order valence-electron chi connectivity index (χ2n) is 7.70. The van der Waals surface area contributed by atoms with Crippen LogP contribution >= 0.6 is 0 Å². The molecule has 28 heavy (non-hydrogen) atoms. The number of ether oxygens (including phenoxy) is 2. The molecule has 0 bridgehead atoms. The molecule has 1 fully saturated rings. The molecule has 0 amide bonds. The molecular weight excluding hydrogens is 354 g/mol. The Morgan fingerprint density at radius 1 is 0.964 bits per heavy atom. The molecule has 5 heteroatoms. The molecule has 0 spiro atoms. The van der Waals surface area contributed by atoms with Gasteiger partial charge >= 0.3 is 5.63 Å². The van der Waals surface area contributed by atoms with Crippen molar-refractivity contribution in [3.63, 3.8) is 0 Å². The number of benzene rings is 2. The minimum Gasteiger partial charge on any atom is -0.454 e. The molecule has 5 nitrogen and oxygen atoms in total. The average Bonchev–Trinajstić information content (AvgIpc) is 3.16. The number of hydrogen-bond acceptors (Lipinski definition) is 5. The summed E-state index contributed by atoms with van der Waals surface area (Å²) in [5.41, 5.74) is 2.65. The van der Waals surface area contributed by atoms with Crippen molar-refractivity contribution < 1.29 is 13.9 Å². The molecule has 1 aromatic heterocycles. The summed E-state index contributed by atoms with van der Waals surface area (Å²) in [6.07, 6.45) is 3.51. The van der Waals surface area contributed by atoms with Crippen LogP contribution in [0.3, 0.4) is 0 Å². The Morgan fingerprint density at radius 3 is 2.50 bits per heavy atom. The smallest absolute Gasteiger partial charge is 0.336 e. The summed E-state index contributed by atoms with van der Waals surface area (Å²) >= 11 is 0. The monoisotopic (exact) mass is 377 g/mol. The maximum Gasteiger partial charge on any atom is 0.336 e. The van der Waals surface area contributed by atoms with E-state index >= 15 is 0 Å². The lowest BCUT2D eigenvalue weighted by Gasteiger charge is -2.32. The van der Waals surface area contributed by atoms with Gasteiger partial charge in [-0.2, -0.15) is 0 Å². The molecule has 0 saturated carbocycles. The Kier molecular flexibility index (Phi) is 4.53. The average molecular weight is 377 g/mol. The van der Waals surface area contributed by atoms with Crippen LogP contribution in [0.25, 0.3) is 11.0 Å². The highest BCUT2D eigenvalue weighted by atomic mass is 16.7.